The fraction of sp³-hybridized carbons (Fsp3) is 0.600. The number of carboxylic acid groups (broad SMARTS) is 2. The van der Waals surface area contributed by atoms with Crippen LogP contribution in [0.5, 0.6) is 0 Å². The van der Waals surface area contributed by atoms with Crippen molar-refractivity contribution in [3.8, 4) is 0 Å². The number of hydrogen-bond donors (Lipinski definition) is 8. The number of carbonyl (C=O) groups is 5. The zero-order valence-electron chi connectivity index (χ0n) is 19.0. The Morgan fingerprint density at radius 3 is 2.18 bits per heavy atom. The Labute approximate surface area is 196 Å². The smallest absolute Gasteiger partial charge is 0.325 e. The molecule has 1 aromatic heterocycles. The summed E-state index contributed by atoms with van der Waals surface area (Å²) in [5, 5.41) is 25.2. The first-order chi connectivity index (χ1) is 16.0. The van der Waals surface area contributed by atoms with Crippen molar-refractivity contribution in [3.63, 3.8) is 0 Å². The molecule has 14 heteroatoms. The minimum atomic E-state index is -1.28. The van der Waals surface area contributed by atoms with Gasteiger partial charge >= 0.3 is 11.9 Å². The normalized spacial score (nSPS) is 14.3. The number of aliphatic carboxylic acids is 2. The van der Waals surface area contributed by atoms with Crippen molar-refractivity contribution >= 4 is 29.7 Å². The molecule has 0 bridgehead atoms. The van der Waals surface area contributed by atoms with Gasteiger partial charge in [-0.1, -0.05) is 0 Å². The number of amides is 3. The van der Waals surface area contributed by atoms with Gasteiger partial charge in [-0.3, -0.25) is 24.0 Å². The lowest BCUT2D eigenvalue weighted by atomic mass is 10.0. The molecule has 4 unspecified atom stereocenters. The highest BCUT2D eigenvalue weighted by Gasteiger charge is 2.29. The van der Waals surface area contributed by atoms with Gasteiger partial charge in [0.25, 0.3) is 0 Å². The second kappa shape index (κ2) is 14.6. The van der Waals surface area contributed by atoms with Crippen LogP contribution in [0.4, 0.5) is 0 Å². The predicted molar refractivity (Wildman–Crippen MR) is 119 cm³/mol. The van der Waals surface area contributed by atoms with Gasteiger partial charge in [0.05, 0.1) is 12.4 Å². The first-order valence-corrected chi connectivity index (χ1v) is 10.8. The predicted octanol–water partition coefficient (Wildman–Crippen LogP) is -2.17. The van der Waals surface area contributed by atoms with E-state index in [1.807, 2.05) is 0 Å². The molecule has 0 saturated heterocycles. The van der Waals surface area contributed by atoms with E-state index >= 15 is 0 Å². The third-order valence-electron chi connectivity index (χ3n) is 4.92. The van der Waals surface area contributed by atoms with Crippen LogP contribution in [0.2, 0.25) is 0 Å². The molecule has 3 amide bonds. The van der Waals surface area contributed by atoms with Crippen molar-refractivity contribution in [2.45, 2.75) is 69.6 Å². The zero-order chi connectivity index (χ0) is 25.7. The SMILES string of the molecule is CC(NC(=O)C(CCCCN)NC(=O)C(CCC(=O)O)NC(=O)C(N)Cc1cnc[nH]1)C(=O)O. The lowest BCUT2D eigenvalue weighted by Crippen LogP contribution is -2.57. The summed E-state index contributed by atoms with van der Waals surface area (Å²) in [5.41, 5.74) is 12.0. The maximum atomic E-state index is 12.9. The van der Waals surface area contributed by atoms with Gasteiger partial charge in [-0.25, -0.2) is 4.98 Å². The number of aromatic amines is 1. The highest BCUT2D eigenvalue weighted by molar-refractivity contribution is 5.94. The number of hydrogen-bond acceptors (Lipinski definition) is 8. The number of unbranched alkanes of at least 4 members (excludes halogenated alkanes) is 1. The van der Waals surface area contributed by atoms with Crippen LogP contribution < -0.4 is 27.4 Å². The van der Waals surface area contributed by atoms with Gasteiger partial charge in [-0.05, 0) is 39.2 Å². The van der Waals surface area contributed by atoms with Crippen LogP contribution in [0.15, 0.2) is 12.5 Å². The number of carboxylic acids is 2. The Kier molecular flexibility index (Phi) is 12.2. The topological polar surface area (TPSA) is 243 Å². The molecule has 0 spiro atoms. The van der Waals surface area contributed by atoms with Crippen LogP contribution >= 0.6 is 0 Å². The van der Waals surface area contributed by atoms with E-state index in [2.05, 4.69) is 25.9 Å². The standard InChI is InChI=1S/C20H33N7O7/c1-11(20(33)34)25-18(31)14(4-2-3-7-21)27-19(32)15(5-6-16(28)29)26-17(30)13(22)8-12-9-23-10-24-12/h9-11,13-15H,2-8,21-22H2,1H3,(H,23,24)(H,25,31)(H,26,30)(H,27,32)(H,28,29)(H,33,34). The zero-order valence-corrected chi connectivity index (χ0v) is 19.0. The van der Waals surface area contributed by atoms with Crippen molar-refractivity contribution in [3.05, 3.63) is 18.2 Å². The van der Waals surface area contributed by atoms with Crippen LogP contribution in [-0.4, -0.2) is 80.6 Å². The molecule has 1 rings (SSSR count). The van der Waals surface area contributed by atoms with E-state index in [1.54, 1.807) is 0 Å². The molecule has 190 valence electrons. The van der Waals surface area contributed by atoms with Crippen LogP contribution in [0, 0.1) is 0 Å². The molecule has 0 saturated carbocycles. The van der Waals surface area contributed by atoms with E-state index in [-0.39, 0.29) is 19.3 Å². The van der Waals surface area contributed by atoms with E-state index in [9.17, 15) is 24.0 Å². The summed E-state index contributed by atoms with van der Waals surface area (Å²) in [6, 6.07) is -4.62. The van der Waals surface area contributed by atoms with Crippen LogP contribution in [0.3, 0.4) is 0 Å². The molecule has 0 aliphatic rings. The monoisotopic (exact) mass is 483 g/mol. The summed E-state index contributed by atoms with van der Waals surface area (Å²) in [6.45, 7) is 1.63. The number of H-pyrrole nitrogens is 1. The first kappa shape index (κ1) is 28.5. The maximum Gasteiger partial charge on any atom is 0.325 e. The molecule has 0 aliphatic heterocycles. The number of imidazole rings is 1. The van der Waals surface area contributed by atoms with E-state index in [4.69, 9.17) is 21.7 Å². The fourth-order valence-electron chi connectivity index (χ4n) is 2.95. The first-order valence-electron chi connectivity index (χ1n) is 10.8. The summed E-state index contributed by atoms with van der Waals surface area (Å²) in [6.07, 6.45) is 3.55. The molecule has 1 aromatic rings. The molecule has 10 N–H and O–H groups in total. The lowest BCUT2D eigenvalue weighted by molar-refractivity contribution is -0.141. The number of nitrogens with zero attached hydrogens (tertiary/aromatic N) is 1. The third-order valence-corrected chi connectivity index (χ3v) is 4.92. The van der Waals surface area contributed by atoms with Crippen molar-refractivity contribution in [2.24, 2.45) is 11.5 Å². The minimum Gasteiger partial charge on any atom is -0.481 e. The molecule has 1 heterocycles. The fourth-order valence-corrected chi connectivity index (χ4v) is 2.95. The molecule has 34 heavy (non-hydrogen) atoms. The Morgan fingerprint density at radius 1 is 1.00 bits per heavy atom. The quantitative estimate of drug-likeness (QED) is 0.118. The number of nitrogens with one attached hydrogen (secondary N) is 4. The Hall–Kier alpha value is -3.52. The molecule has 0 aromatic carbocycles. The second-order valence-electron chi connectivity index (χ2n) is 7.80. The number of carbonyl (C=O) groups excluding carboxylic acids is 3. The van der Waals surface area contributed by atoms with Crippen molar-refractivity contribution < 1.29 is 34.2 Å². The molecule has 4 atom stereocenters. The third kappa shape index (κ3) is 10.4. The molecule has 0 fully saturated rings. The summed E-state index contributed by atoms with van der Waals surface area (Å²) in [4.78, 5) is 66.7. The molecule has 14 nitrogen and oxygen atoms in total. The van der Waals surface area contributed by atoms with Crippen molar-refractivity contribution in [1.82, 2.24) is 25.9 Å². The van der Waals surface area contributed by atoms with Gasteiger partial charge in [0.2, 0.25) is 17.7 Å². The summed E-state index contributed by atoms with van der Waals surface area (Å²) in [7, 11) is 0. The van der Waals surface area contributed by atoms with E-state index in [1.165, 1.54) is 19.4 Å². The van der Waals surface area contributed by atoms with Crippen molar-refractivity contribution in [1.29, 1.82) is 0 Å². The van der Waals surface area contributed by atoms with Gasteiger partial charge < -0.3 is 42.6 Å². The van der Waals surface area contributed by atoms with Gasteiger partial charge in [0.1, 0.15) is 18.1 Å². The summed E-state index contributed by atoms with van der Waals surface area (Å²) in [5.74, 6) is -4.64. The number of rotatable bonds is 16. The van der Waals surface area contributed by atoms with E-state index in [0.717, 1.165) is 0 Å². The minimum absolute atomic E-state index is 0.107. The highest BCUT2D eigenvalue weighted by Crippen LogP contribution is 2.06. The largest absolute Gasteiger partial charge is 0.481 e. The van der Waals surface area contributed by atoms with Crippen LogP contribution in [-0.2, 0) is 30.4 Å². The molecular formula is C20H33N7O7. The van der Waals surface area contributed by atoms with Crippen LogP contribution in [0.25, 0.3) is 0 Å². The molecule has 0 radical (unpaired) electrons. The van der Waals surface area contributed by atoms with Gasteiger partial charge in [-0.2, -0.15) is 0 Å². The maximum absolute atomic E-state index is 12.9. The van der Waals surface area contributed by atoms with E-state index < -0.39 is 60.2 Å². The summed E-state index contributed by atoms with van der Waals surface area (Å²) < 4.78 is 0. The molecule has 0 aliphatic carbocycles. The average Bonchev–Trinajstić information content (AvgIpc) is 3.28. The number of aromatic nitrogens is 2. The Balaban J connectivity index is 2.91. The van der Waals surface area contributed by atoms with Crippen molar-refractivity contribution in [2.75, 3.05) is 6.54 Å². The van der Waals surface area contributed by atoms with Crippen LogP contribution in [0.1, 0.15) is 44.7 Å². The average molecular weight is 484 g/mol. The van der Waals surface area contributed by atoms with Gasteiger partial charge in [0, 0.05) is 24.7 Å². The molecular weight excluding hydrogens is 450 g/mol. The Bertz CT molecular complexity index is 831. The van der Waals surface area contributed by atoms with E-state index in [0.29, 0.717) is 25.1 Å². The lowest BCUT2D eigenvalue weighted by Gasteiger charge is -2.24. The van der Waals surface area contributed by atoms with Gasteiger partial charge in [0.15, 0.2) is 0 Å². The number of nitrogens with two attached hydrogens (primary N) is 2. The Morgan fingerprint density at radius 2 is 1.62 bits per heavy atom. The second-order valence-corrected chi connectivity index (χ2v) is 7.80. The highest BCUT2D eigenvalue weighted by atomic mass is 16.4. The summed E-state index contributed by atoms with van der Waals surface area (Å²) >= 11 is 0. The van der Waals surface area contributed by atoms with Gasteiger partial charge in [-0.15, -0.1) is 0 Å².